The van der Waals surface area contributed by atoms with Crippen LogP contribution in [-0.4, -0.2) is 17.6 Å². The summed E-state index contributed by atoms with van der Waals surface area (Å²) in [5, 5.41) is 14.0. The molecular formula is C11H11N3O3. The molecule has 1 aliphatic rings. The summed E-state index contributed by atoms with van der Waals surface area (Å²) in [6.45, 7) is 9.34. The lowest BCUT2D eigenvalue weighted by Gasteiger charge is -2.26. The highest BCUT2D eigenvalue weighted by Gasteiger charge is 2.26. The maximum absolute atomic E-state index is 10.9. The second-order valence-corrected chi connectivity index (χ2v) is 3.77. The molecule has 2 rings (SSSR count). The van der Waals surface area contributed by atoms with E-state index in [1.165, 1.54) is 12.1 Å². The van der Waals surface area contributed by atoms with Crippen LogP contribution in [0.3, 0.4) is 0 Å². The number of fused-ring (bicyclic) bond motifs is 1. The number of nitro benzene ring substituents is 1. The zero-order valence-electron chi connectivity index (χ0n) is 9.27. The van der Waals surface area contributed by atoms with E-state index in [0.29, 0.717) is 18.0 Å². The molecule has 0 bridgehead atoms. The second-order valence-electron chi connectivity index (χ2n) is 3.77. The van der Waals surface area contributed by atoms with E-state index in [4.69, 9.17) is 11.3 Å². The summed E-state index contributed by atoms with van der Waals surface area (Å²) in [5.41, 5.74) is 0.486. The Balaban J connectivity index is 2.52. The van der Waals surface area contributed by atoms with Gasteiger partial charge in [-0.15, -0.1) is 0 Å². The highest BCUT2D eigenvalue weighted by molar-refractivity contribution is 5.77. The van der Waals surface area contributed by atoms with Crippen LogP contribution in [0.25, 0.3) is 4.85 Å². The maximum atomic E-state index is 10.9. The van der Waals surface area contributed by atoms with Gasteiger partial charge in [0.25, 0.3) is 5.69 Å². The molecular weight excluding hydrogens is 222 g/mol. The predicted octanol–water partition coefficient (Wildman–Crippen LogP) is 2.73. The molecule has 0 spiro atoms. The molecule has 0 amide bonds. The molecule has 17 heavy (non-hydrogen) atoms. The molecule has 1 N–H and O–H groups in total. The molecule has 0 fully saturated rings. The third kappa shape index (κ3) is 1.99. The largest absolute Gasteiger partial charge is 0.490 e. The van der Waals surface area contributed by atoms with Gasteiger partial charge in [0.2, 0.25) is 0 Å². The molecule has 1 aliphatic heterocycles. The van der Waals surface area contributed by atoms with Crippen molar-refractivity contribution in [2.75, 3.05) is 11.9 Å². The van der Waals surface area contributed by atoms with Gasteiger partial charge in [0.15, 0.2) is 11.4 Å². The van der Waals surface area contributed by atoms with Gasteiger partial charge in [-0.1, -0.05) is 6.92 Å². The minimum atomic E-state index is -0.498. The van der Waals surface area contributed by atoms with Gasteiger partial charge in [0, 0.05) is 6.07 Å². The van der Waals surface area contributed by atoms with Crippen molar-refractivity contribution in [3.05, 3.63) is 33.7 Å². The van der Waals surface area contributed by atoms with Crippen LogP contribution < -0.4 is 10.1 Å². The highest BCUT2D eigenvalue weighted by atomic mass is 16.6. The standard InChI is InChI=1S/C11H11N3O3/c1-3-7-6-17-10-5-8(12-2)4-9(14(15)16)11(10)13-7/h4-5,7,13H,3,6H2,1H3/t7-/m0/s1. The molecule has 0 saturated heterocycles. The number of benzene rings is 1. The Kier molecular flexibility index (Phi) is 2.83. The molecule has 1 atom stereocenters. The Morgan fingerprint density at radius 2 is 2.47 bits per heavy atom. The van der Waals surface area contributed by atoms with Gasteiger partial charge in [-0.2, -0.15) is 0 Å². The first-order chi connectivity index (χ1) is 8.15. The van der Waals surface area contributed by atoms with E-state index in [0.717, 1.165) is 6.42 Å². The molecule has 88 valence electrons. The minimum Gasteiger partial charge on any atom is -0.490 e. The SMILES string of the molecule is [C-]#[N+]c1cc2c(c([N+](=O)[O-])c1)N[C@@H](CC)CO2. The topological polar surface area (TPSA) is 68.8 Å². The average Bonchev–Trinajstić information content (AvgIpc) is 2.36. The van der Waals surface area contributed by atoms with Crippen LogP contribution in [0.2, 0.25) is 0 Å². The Bertz CT molecular complexity index is 507. The fourth-order valence-electron chi connectivity index (χ4n) is 1.71. The van der Waals surface area contributed by atoms with E-state index in [-0.39, 0.29) is 17.4 Å². The molecule has 6 nitrogen and oxygen atoms in total. The van der Waals surface area contributed by atoms with Crippen molar-refractivity contribution in [2.24, 2.45) is 0 Å². The summed E-state index contributed by atoms with van der Waals surface area (Å²) >= 11 is 0. The van der Waals surface area contributed by atoms with Crippen LogP contribution in [0.15, 0.2) is 12.1 Å². The summed E-state index contributed by atoms with van der Waals surface area (Å²) in [4.78, 5) is 13.6. The first kappa shape index (κ1) is 11.2. The lowest BCUT2D eigenvalue weighted by molar-refractivity contribution is -0.384. The quantitative estimate of drug-likeness (QED) is 0.484. The molecule has 0 unspecified atom stereocenters. The Hall–Kier alpha value is -2.29. The molecule has 0 radical (unpaired) electrons. The molecule has 6 heteroatoms. The third-order valence-electron chi connectivity index (χ3n) is 2.67. The lowest BCUT2D eigenvalue weighted by atomic mass is 10.1. The number of anilines is 1. The van der Waals surface area contributed by atoms with Crippen molar-refractivity contribution in [3.8, 4) is 5.75 Å². The van der Waals surface area contributed by atoms with E-state index in [1.54, 1.807) is 0 Å². The second kappa shape index (κ2) is 4.29. The zero-order valence-corrected chi connectivity index (χ0v) is 9.27. The number of nitrogens with zero attached hydrogens (tertiary/aromatic N) is 2. The van der Waals surface area contributed by atoms with Crippen LogP contribution >= 0.6 is 0 Å². The lowest BCUT2D eigenvalue weighted by Crippen LogP contribution is -2.31. The van der Waals surface area contributed by atoms with Crippen molar-refractivity contribution in [1.82, 2.24) is 0 Å². The monoisotopic (exact) mass is 233 g/mol. The fraction of sp³-hybridized carbons (Fsp3) is 0.364. The molecule has 1 aromatic rings. The summed E-state index contributed by atoms with van der Waals surface area (Å²) < 4.78 is 5.45. The molecule has 0 aromatic heterocycles. The first-order valence-electron chi connectivity index (χ1n) is 5.25. The van der Waals surface area contributed by atoms with E-state index < -0.39 is 4.92 Å². The third-order valence-corrected chi connectivity index (χ3v) is 2.67. The van der Waals surface area contributed by atoms with Crippen LogP contribution in [0, 0.1) is 16.7 Å². The van der Waals surface area contributed by atoms with Crippen molar-refractivity contribution in [3.63, 3.8) is 0 Å². The Labute approximate surface area is 98.2 Å². The predicted molar refractivity (Wildman–Crippen MR) is 62.6 cm³/mol. The number of hydrogen-bond donors (Lipinski definition) is 1. The molecule has 0 saturated carbocycles. The van der Waals surface area contributed by atoms with Gasteiger partial charge in [-0.25, -0.2) is 4.85 Å². The average molecular weight is 233 g/mol. The number of hydrogen-bond acceptors (Lipinski definition) is 4. The van der Waals surface area contributed by atoms with Crippen molar-refractivity contribution >= 4 is 17.1 Å². The van der Waals surface area contributed by atoms with Gasteiger partial charge in [-0.3, -0.25) is 10.1 Å². The van der Waals surface area contributed by atoms with Gasteiger partial charge in [0.05, 0.1) is 17.5 Å². The zero-order chi connectivity index (χ0) is 12.4. The van der Waals surface area contributed by atoms with Crippen LogP contribution in [0.5, 0.6) is 5.75 Å². The first-order valence-corrected chi connectivity index (χ1v) is 5.25. The van der Waals surface area contributed by atoms with E-state index in [9.17, 15) is 10.1 Å². The molecule has 1 heterocycles. The number of nitrogens with one attached hydrogen (secondary N) is 1. The molecule has 1 aromatic carbocycles. The summed E-state index contributed by atoms with van der Waals surface area (Å²) in [7, 11) is 0. The maximum Gasteiger partial charge on any atom is 0.286 e. The normalized spacial score (nSPS) is 17.3. The van der Waals surface area contributed by atoms with E-state index in [1.807, 2.05) is 6.92 Å². The Morgan fingerprint density at radius 1 is 1.71 bits per heavy atom. The summed E-state index contributed by atoms with van der Waals surface area (Å²) in [6.07, 6.45) is 0.821. The number of rotatable bonds is 2. The van der Waals surface area contributed by atoms with Crippen LogP contribution in [-0.2, 0) is 0 Å². The van der Waals surface area contributed by atoms with Gasteiger partial charge < -0.3 is 10.1 Å². The van der Waals surface area contributed by atoms with E-state index >= 15 is 0 Å². The minimum absolute atomic E-state index is 0.0694. The number of nitro groups is 1. The van der Waals surface area contributed by atoms with Crippen LogP contribution in [0.4, 0.5) is 17.1 Å². The van der Waals surface area contributed by atoms with E-state index in [2.05, 4.69) is 10.2 Å². The van der Waals surface area contributed by atoms with Crippen molar-refractivity contribution < 1.29 is 9.66 Å². The summed E-state index contributed by atoms with van der Waals surface area (Å²) in [5.74, 6) is 0.384. The van der Waals surface area contributed by atoms with Gasteiger partial charge >= 0.3 is 0 Å². The van der Waals surface area contributed by atoms with Gasteiger partial charge in [-0.05, 0) is 12.5 Å². The number of ether oxygens (including phenoxy) is 1. The Morgan fingerprint density at radius 3 is 3.06 bits per heavy atom. The summed E-state index contributed by atoms with van der Waals surface area (Å²) in [6, 6.07) is 2.86. The van der Waals surface area contributed by atoms with Crippen LogP contribution in [0.1, 0.15) is 13.3 Å². The van der Waals surface area contributed by atoms with Crippen molar-refractivity contribution in [2.45, 2.75) is 19.4 Å². The van der Waals surface area contributed by atoms with Crippen molar-refractivity contribution in [1.29, 1.82) is 0 Å². The van der Waals surface area contributed by atoms with Gasteiger partial charge in [0.1, 0.15) is 12.4 Å². The highest BCUT2D eigenvalue weighted by Crippen LogP contribution is 2.41. The smallest absolute Gasteiger partial charge is 0.286 e. The fourth-order valence-corrected chi connectivity index (χ4v) is 1.71. The molecule has 0 aliphatic carbocycles.